The second kappa shape index (κ2) is 16.4. The number of benzene rings is 11. The van der Waals surface area contributed by atoms with E-state index >= 15 is 0 Å². The molecule has 0 aliphatic heterocycles. The molecule has 2 heterocycles. The van der Waals surface area contributed by atoms with Crippen molar-refractivity contribution in [3.05, 3.63) is 283 Å². The standard InChI is InChI=1S/C67H43NS2/c1-3-15-49(16-4-1)67(50-17-5-2-6-18-50)59-24-10-7-21-57(59)65-60(67)25-14-26-61(65)68(52-40-35-46(36-41-52)48-37-42-64-58(43-48)55-20-9-11-27-62(55)69-64)51-38-33-45(34-39-51)44-29-31-47(32-30-44)53-22-13-23-56-54-19-8-12-28-63(54)70-66(53)56/h1-43H. The molecule has 0 saturated heterocycles. The predicted octanol–water partition coefficient (Wildman–Crippen LogP) is 19.3. The zero-order valence-electron chi connectivity index (χ0n) is 38.1. The van der Waals surface area contributed by atoms with Crippen molar-refractivity contribution in [2.24, 2.45) is 0 Å². The molecule has 0 fully saturated rings. The molecule has 0 unspecified atom stereocenters. The number of anilines is 3. The Labute approximate surface area is 415 Å². The molecule has 0 N–H and O–H groups in total. The maximum Gasteiger partial charge on any atom is 0.0714 e. The van der Waals surface area contributed by atoms with Crippen molar-refractivity contribution >= 4 is 80.1 Å². The van der Waals surface area contributed by atoms with E-state index in [0.717, 1.165) is 17.1 Å². The molecule has 0 amide bonds. The maximum absolute atomic E-state index is 2.47. The normalized spacial score (nSPS) is 12.7. The lowest BCUT2D eigenvalue weighted by atomic mass is 9.68. The molecule has 0 spiro atoms. The SMILES string of the molecule is c1ccc(C2(c3ccccc3)c3ccccc3-c3c(N(c4ccc(-c5ccc(-c6cccc7c6sc6ccccc67)cc5)cc4)c4ccc(-c5ccc6sc7ccccc7c6c5)cc4)cccc32)cc1. The van der Waals surface area contributed by atoms with Crippen LogP contribution >= 0.6 is 22.7 Å². The van der Waals surface area contributed by atoms with Crippen LogP contribution in [-0.2, 0) is 5.41 Å². The molecule has 11 aromatic carbocycles. The van der Waals surface area contributed by atoms with Gasteiger partial charge in [-0.2, -0.15) is 0 Å². The molecule has 1 aliphatic carbocycles. The minimum Gasteiger partial charge on any atom is -0.310 e. The third-order valence-electron chi connectivity index (χ3n) is 14.6. The van der Waals surface area contributed by atoms with Gasteiger partial charge < -0.3 is 4.90 Å². The fourth-order valence-corrected chi connectivity index (χ4v) is 13.7. The summed E-state index contributed by atoms with van der Waals surface area (Å²) in [6.45, 7) is 0. The van der Waals surface area contributed by atoms with Crippen LogP contribution in [0.3, 0.4) is 0 Å². The predicted molar refractivity (Wildman–Crippen MR) is 301 cm³/mol. The Bertz CT molecular complexity index is 4050. The molecule has 70 heavy (non-hydrogen) atoms. The molecule has 13 aromatic rings. The van der Waals surface area contributed by atoms with Crippen molar-refractivity contribution < 1.29 is 0 Å². The van der Waals surface area contributed by atoms with Gasteiger partial charge in [0.25, 0.3) is 0 Å². The molecule has 14 rings (SSSR count). The summed E-state index contributed by atoms with van der Waals surface area (Å²) in [5.41, 5.74) is 17.7. The summed E-state index contributed by atoms with van der Waals surface area (Å²) >= 11 is 3.74. The third kappa shape index (κ3) is 6.36. The smallest absolute Gasteiger partial charge is 0.0714 e. The van der Waals surface area contributed by atoms with Gasteiger partial charge in [0, 0.05) is 57.3 Å². The Kier molecular flexibility index (Phi) is 9.55. The van der Waals surface area contributed by atoms with Gasteiger partial charge in [-0.3, -0.25) is 0 Å². The lowest BCUT2D eigenvalue weighted by Crippen LogP contribution is -2.28. The Balaban J connectivity index is 0.903. The summed E-state index contributed by atoms with van der Waals surface area (Å²) in [6, 6.07) is 96.7. The quantitative estimate of drug-likeness (QED) is 0.147. The van der Waals surface area contributed by atoms with Gasteiger partial charge in [0.1, 0.15) is 0 Å². The van der Waals surface area contributed by atoms with E-state index in [1.54, 1.807) is 0 Å². The van der Waals surface area contributed by atoms with E-state index in [9.17, 15) is 0 Å². The van der Waals surface area contributed by atoms with Crippen LogP contribution in [0.5, 0.6) is 0 Å². The first-order chi connectivity index (χ1) is 34.7. The van der Waals surface area contributed by atoms with E-state index in [-0.39, 0.29) is 0 Å². The molecule has 0 atom stereocenters. The van der Waals surface area contributed by atoms with Gasteiger partial charge in [-0.05, 0) is 116 Å². The van der Waals surface area contributed by atoms with Gasteiger partial charge >= 0.3 is 0 Å². The van der Waals surface area contributed by atoms with Crippen molar-refractivity contribution in [3.63, 3.8) is 0 Å². The van der Waals surface area contributed by atoms with Crippen molar-refractivity contribution in [2.45, 2.75) is 5.41 Å². The van der Waals surface area contributed by atoms with Crippen LogP contribution in [0.2, 0.25) is 0 Å². The molecule has 0 radical (unpaired) electrons. The Hall–Kier alpha value is -8.34. The third-order valence-corrected chi connectivity index (χ3v) is 17.0. The van der Waals surface area contributed by atoms with E-state index in [0.29, 0.717) is 0 Å². The molecule has 1 aliphatic rings. The number of nitrogens with zero attached hydrogens (tertiary/aromatic N) is 1. The lowest BCUT2D eigenvalue weighted by molar-refractivity contribution is 0.768. The van der Waals surface area contributed by atoms with Crippen molar-refractivity contribution in [2.75, 3.05) is 4.90 Å². The van der Waals surface area contributed by atoms with Crippen LogP contribution in [0.4, 0.5) is 17.1 Å². The number of hydrogen-bond acceptors (Lipinski definition) is 3. The summed E-state index contributed by atoms with van der Waals surface area (Å²) < 4.78 is 5.31. The Morgan fingerprint density at radius 1 is 0.300 bits per heavy atom. The molecule has 2 aromatic heterocycles. The van der Waals surface area contributed by atoms with Crippen LogP contribution in [-0.4, -0.2) is 0 Å². The number of hydrogen-bond donors (Lipinski definition) is 0. The van der Waals surface area contributed by atoms with Gasteiger partial charge in [-0.15, -0.1) is 22.7 Å². The first kappa shape index (κ1) is 40.7. The molecule has 3 heteroatoms. The fourth-order valence-electron chi connectivity index (χ4n) is 11.4. The molecular weight excluding hydrogens is 883 g/mol. The molecule has 0 saturated carbocycles. The average molecular weight is 926 g/mol. The van der Waals surface area contributed by atoms with Gasteiger partial charge in [0.2, 0.25) is 0 Å². The van der Waals surface area contributed by atoms with Crippen molar-refractivity contribution in [1.82, 2.24) is 0 Å². The van der Waals surface area contributed by atoms with Gasteiger partial charge in [-0.1, -0.05) is 206 Å². The summed E-state index contributed by atoms with van der Waals surface area (Å²) in [5.74, 6) is 0. The highest BCUT2D eigenvalue weighted by Gasteiger charge is 2.47. The molecule has 0 bridgehead atoms. The highest BCUT2D eigenvalue weighted by molar-refractivity contribution is 7.26. The average Bonchev–Trinajstić information content (AvgIpc) is 4.11. The van der Waals surface area contributed by atoms with Crippen molar-refractivity contribution in [3.8, 4) is 44.5 Å². The first-order valence-electron chi connectivity index (χ1n) is 24.0. The minimum absolute atomic E-state index is 0.511. The number of rotatable bonds is 8. The minimum atomic E-state index is -0.511. The van der Waals surface area contributed by atoms with E-state index in [1.165, 1.54) is 107 Å². The van der Waals surface area contributed by atoms with Crippen LogP contribution in [0, 0.1) is 0 Å². The second-order valence-corrected chi connectivity index (χ2v) is 20.5. The van der Waals surface area contributed by atoms with Gasteiger partial charge in [0.15, 0.2) is 0 Å². The van der Waals surface area contributed by atoms with E-state index in [4.69, 9.17) is 0 Å². The summed E-state index contributed by atoms with van der Waals surface area (Å²) in [4.78, 5) is 2.47. The van der Waals surface area contributed by atoms with Crippen LogP contribution in [0.15, 0.2) is 261 Å². The zero-order valence-corrected chi connectivity index (χ0v) is 39.7. The number of fused-ring (bicyclic) bond motifs is 9. The highest BCUT2D eigenvalue weighted by Crippen LogP contribution is 2.59. The van der Waals surface area contributed by atoms with Crippen molar-refractivity contribution in [1.29, 1.82) is 0 Å². The molecule has 328 valence electrons. The molecular formula is C67H43NS2. The molecule has 1 nitrogen and oxygen atoms in total. The topological polar surface area (TPSA) is 3.24 Å². The zero-order chi connectivity index (χ0) is 46.2. The number of thiophene rings is 2. The largest absolute Gasteiger partial charge is 0.310 e. The highest BCUT2D eigenvalue weighted by atomic mass is 32.1. The fraction of sp³-hybridized carbons (Fsp3) is 0.0149. The summed E-state index contributed by atoms with van der Waals surface area (Å²) in [5, 5.41) is 5.28. The van der Waals surface area contributed by atoms with Crippen LogP contribution in [0.1, 0.15) is 22.3 Å². The maximum atomic E-state index is 2.47. The second-order valence-electron chi connectivity index (χ2n) is 18.3. The van der Waals surface area contributed by atoms with Gasteiger partial charge in [0.05, 0.1) is 11.1 Å². The van der Waals surface area contributed by atoms with Crippen LogP contribution in [0.25, 0.3) is 84.9 Å². The Morgan fingerprint density at radius 2 is 0.771 bits per heavy atom. The lowest BCUT2D eigenvalue weighted by Gasteiger charge is -2.34. The Morgan fingerprint density at radius 3 is 1.46 bits per heavy atom. The first-order valence-corrected chi connectivity index (χ1v) is 25.6. The summed E-state index contributed by atoms with van der Waals surface area (Å²) in [6.07, 6.45) is 0. The van der Waals surface area contributed by atoms with E-state index in [2.05, 4.69) is 266 Å². The van der Waals surface area contributed by atoms with E-state index in [1.807, 2.05) is 22.7 Å². The van der Waals surface area contributed by atoms with Crippen LogP contribution < -0.4 is 4.90 Å². The van der Waals surface area contributed by atoms with E-state index < -0.39 is 5.41 Å². The monoisotopic (exact) mass is 925 g/mol. The summed E-state index contributed by atoms with van der Waals surface area (Å²) in [7, 11) is 0. The van der Waals surface area contributed by atoms with Gasteiger partial charge in [-0.25, -0.2) is 0 Å².